The molecule has 0 bridgehead atoms. The summed E-state index contributed by atoms with van der Waals surface area (Å²) in [5.74, 6) is -0.952. The molecule has 0 radical (unpaired) electrons. The molecule has 47 heavy (non-hydrogen) atoms. The minimum Gasteiger partial charge on any atom is -0.756 e. The Morgan fingerprint density at radius 3 is 1.34 bits per heavy atom. The third-order valence-electron chi connectivity index (χ3n) is 8.25. The lowest BCUT2D eigenvalue weighted by Gasteiger charge is -2.26. The highest BCUT2D eigenvalue weighted by molar-refractivity contribution is 7.45. The van der Waals surface area contributed by atoms with Gasteiger partial charge in [0.15, 0.2) is 6.10 Å². The fourth-order valence-corrected chi connectivity index (χ4v) is 6.06. The van der Waals surface area contributed by atoms with E-state index in [1.807, 2.05) is 0 Å². The van der Waals surface area contributed by atoms with E-state index in [9.17, 15) is 24.2 Å². The van der Waals surface area contributed by atoms with Crippen molar-refractivity contribution >= 4 is 19.8 Å². The van der Waals surface area contributed by atoms with Gasteiger partial charge in [-0.3, -0.25) is 14.2 Å². The van der Waals surface area contributed by atoms with Gasteiger partial charge in [0.25, 0.3) is 7.82 Å². The highest BCUT2D eigenvalue weighted by Gasteiger charge is 2.21. The molecule has 0 aromatic rings. The molecular formula is C36H70O10P-. The summed E-state index contributed by atoms with van der Waals surface area (Å²) in [5.41, 5.74) is 0. The zero-order valence-electron chi connectivity index (χ0n) is 30.0. The molecule has 0 spiro atoms. The second-order valence-electron chi connectivity index (χ2n) is 12.9. The van der Waals surface area contributed by atoms with Crippen molar-refractivity contribution in [3.63, 3.8) is 0 Å². The number of rotatable bonds is 36. The highest BCUT2D eigenvalue weighted by atomic mass is 31.2. The Hall–Kier alpha value is -1.03. The van der Waals surface area contributed by atoms with E-state index in [4.69, 9.17) is 19.1 Å². The van der Waals surface area contributed by atoms with Crippen molar-refractivity contribution in [2.45, 2.75) is 193 Å². The fourth-order valence-electron chi connectivity index (χ4n) is 5.28. The van der Waals surface area contributed by atoms with Crippen LogP contribution in [0.3, 0.4) is 0 Å². The van der Waals surface area contributed by atoms with Gasteiger partial charge in [0, 0.05) is 12.8 Å². The summed E-state index contributed by atoms with van der Waals surface area (Å²) >= 11 is 0. The van der Waals surface area contributed by atoms with E-state index in [1.165, 1.54) is 103 Å². The molecule has 0 aliphatic rings. The predicted octanol–water partition coefficient (Wildman–Crippen LogP) is 8.48. The molecule has 0 saturated carbocycles. The van der Waals surface area contributed by atoms with Crippen molar-refractivity contribution in [2.24, 2.45) is 0 Å². The molecule has 2 N–H and O–H groups in total. The number of unbranched alkanes of at least 4 members (excludes halogenated alkanes) is 22. The molecule has 1 unspecified atom stereocenters. The monoisotopic (exact) mass is 693 g/mol. The number of carbonyl (C=O) groups is 2. The molecule has 0 heterocycles. The number of hydrogen-bond donors (Lipinski definition) is 2. The Balaban J connectivity index is 4.34. The number of esters is 2. The third kappa shape index (κ3) is 33.3. The van der Waals surface area contributed by atoms with Crippen LogP contribution in [0.1, 0.15) is 181 Å². The van der Waals surface area contributed by atoms with Crippen LogP contribution in [0.4, 0.5) is 0 Å². The van der Waals surface area contributed by atoms with Crippen molar-refractivity contribution in [3.8, 4) is 0 Å². The summed E-state index contributed by atoms with van der Waals surface area (Å²) in [6.07, 6.45) is 26.2. The van der Waals surface area contributed by atoms with Gasteiger partial charge < -0.3 is 33.6 Å². The quantitative estimate of drug-likeness (QED) is 0.0371. The van der Waals surface area contributed by atoms with Crippen LogP contribution in [0, 0.1) is 0 Å². The fraction of sp³-hybridized carbons (Fsp3) is 0.944. The first kappa shape index (κ1) is 46.0. The van der Waals surface area contributed by atoms with Crippen molar-refractivity contribution in [1.29, 1.82) is 0 Å². The first-order valence-electron chi connectivity index (χ1n) is 19.0. The lowest BCUT2D eigenvalue weighted by Crippen LogP contribution is -2.30. The highest BCUT2D eigenvalue weighted by Crippen LogP contribution is 2.38. The van der Waals surface area contributed by atoms with Crippen molar-refractivity contribution in [3.05, 3.63) is 0 Å². The topological polar surface area (TPSA) is 152 Å². The van der Waals surface area contributed by atoms with E-state index in [0.29, 0.717) is 12.8 Å². The molecule has 0 aromatic carbocycles. The number of phosphoric ester groups is 1. The molecule has 10 nitrogen and oxygen atoms in total. The van der Waals surface area contributed by atoms with Crippen LogP contribution < -0.4 is 4.89 Å². The van der Waals surface area contributed by atoms with Crippen molar-refractivity contribution in [2.75, 3.05) is 26.4 Å². The number of phosphoric acid groups is 1. The van der Waals surface area contributed by atoms with E-state index in [1.54, 1.807) is 0 Å². The number of ether oxygens (including phenoxy) is 2. The second-order valence-corrected chi connectivity index (χ2v) is 14.4. The molecular weight excluding hydrogens is 623 g/mol. The maximum Gasteiger partial charge on any atom is 0.306 e. The molecule has 280 valence electrons. The average Bonchev–Trinajstić information content (AvgIpc) is 3.05. The van der Waals surface area contributed by atoms with E-state index in [2.05, 4.69) is 18.4 Å². The molecule has 0 aliphatic carbocycles. The van der Waals surface area contributed by atoms with E-state index in [0.717, 1.165) is 38.5 Å². The lowest BCUT2D eigenvalue weighted by molar-refractivity contribution is -0.230. The van der Waals surface area contributed by atoms with Gasteiger partial charge in [-0.1, -0.05) is 155 Å². The summed E-state index contributed by atoms with van der Waals surface area (Å²) in [5, 5.41) is 18.2. The Bertz CT molecular complexity index is 766. The summed E-state index contributed by atoms with van der Waals surface area (Å²) in [4.78, 5) is 36.9. The Kier molecular flexibility index (Phi) is 32.7. The molecule has 0 rings (SSSR count). The zero-order valence-corrected chi connectivity index (χ0v) is 30.9. The minimum atomic E-state index is -4.85. The van der Waals surface area contributed by atoms with Crippen molar-refractivity contribution in [1.82, 2.24) is 0 Å². The molecule has 0 aliphatic heterocycles. The molecule has 11 heteroatoms. The van der Waals surface area contributed by atoms with Gasteiger partial charge in [-0.25, -0.2) is 0 Å². The molecule has 0 saturated heterocycles. The summed E-state index contributed by atoms with van der Waals surface area (Å²) in [6.45, 7) is 2.19. The zero-order chi connectivity index (χ0) is 34.9. The Labute approximate surface area is 286 Å². The van der Waals surface area contributed by atoms with Crippen LogP contribution in [-0.2, 0) is 32.7 Å². The number of carbonyl (C=O) groups excluding carboxylic acids is 2. The van der Waals surface area contributed by atoms with Gasteiger partial charge >= 0.3 is 11.9 Å². The van der Waals surface area contributed by atoms with Gasteiger partial charge in [-0.2, -0.15) is 0 Å². The van der Waals surface area contributed by atoms with E-state index in [-0.39, 0.29) is 19.4 Å². The van der Waals surface area contributed by atoms with Gasteiger partial charge in [-0.05, 0) is 12.8 Å². The SMILES string of the molecule is CCCCCCCCCCCCCCCC(=O)OC[C@H](COP(=O)([O-])OC[C@@H](O)CO)OC(=O)CCCCCCCCCCCCC. The summed E-state index contributed by atoms with van der Waals surface area (Å²) in [6, 6.07) is 0. The average molecular weight is 694 g/mol. The first-order valence-corrected chi connectivity index (χ1v) is 20.4. The van der Waals surface area contributed by atoms with Crippen molar-refractivity contribution < 1.29 is 47.8 Å². The van der Waals surface area contributed by atoms with E-state index >= 15 is 0 Å². The minimum absolute atomic E-state index is 0.175. The smallest absolute Gasteiger partial charge is 0.306 e. The molecule has 0 aromatic heterocycles. The second kappa shape index (κ2) is 33.5. The molecule has 3 atom stereocenters. The maximum absolute atomic E-state index is 12.5. The van der Waals surface area contributed by atoms with Gasteiger partial charge in [0.05, 0.1) is 19.8 Å². The van der Waals surface area contributed by atoms with Gasteiger partial charge in [0.1, 0.15) is 12.7 Å². The Morgan fingerprint density at radius 1 is 0.574 bits per heavy atom. The van der Waals surface area contributed by atoms with Crippen LogP contribution in [0.15, 0.2) is 0 Å². The lowest BCUT2D eigenvalue weighted by atomic mass is 10.0. The summed E-state index contributed by atoms with van der Waals surface area (Å²) in [7, 11) is -4.85. The van der Waals surface area contributed by atoms with Crippen LogP contribution in [0.5, 0.6) is 0 Å². The van der Waals surface area contributed by atoms with Gasteiger partial charge in [0.2, 0.25) is 0 Å². The predicted molar refractivity (Wildman–Crippen MR) is 185 cm³/mol. The van der Waals surface area contributed by atoms with Crippen LogP contribution in [0.2, 0.25) is 0 Å². The number of aliphatic hydroxyl groups is 2. The first-order chi connectivity index (χ1) is 22.7. The standard InChI is InChI=1S/C36H71O10P/c1-3-5-7-9-11-13-15-16-18-19-21-23-25-27-35(39)43-31-34(32-45-47(41,42)44-30-33(38)29-37)46-36(40)28-26-24-22-20-17-14-12-10-8-6-4-2/h33-34,37-38H,3-32H2,1-2H3,(H,41,42)/p-1/t33-,34+/m0/s1. The normalized spacial score (nSPS) is 14.1. The van der Waals surface area contributed by atoms with Crippen LogP contribution in [-0.4, -0.2) is 60.8 Å². The van der Waals surface area contributed by atoms with Crippen LogP contribution >= 0.6 is 7.82 Å². The number of hydrogen-bond acceptors (Lipinski definition) is 10. The van der Waals surface area contributed by atoms with E-state index < -0.39 is 51.8 Å². The Morgan fingerprint density at radius 2 is 0.936 bits per heavy atom. The summed E-state index contributed by atoms with van der Waals surface area (Å²) < 4.78 is 32.2. The molecule has 0 amide bonds. The largest absolute Gasteiger partial charge is 0.756 e. The van der Waals surface area contributed by atoms with Gasteiger partial charge in [-0.15, -0.1) is 0 Å². The third-order valence-corrected chi connectivity index (χ3v) is 9.18. The number of aliphatic hydroxyl groups excluding tert-OH is 2. The van der Waals surface area contributed by atoms with Crippen LogP contribution in [0.25, 0.3) is 0 Å². The molecule has 0 fully saturated rings. The maximum atomic E-state index is 12.5.